The molecule has 0 radical (unpaired) electrons. The quantitative estimate of drug-likeness (QED) is 0.846. The number of hydrogen-bond donors (Lipinski definition) is 1. The highest BCUT2D eigenvalue weighted by Crippen LogP contribution is 2.09. The molecule has 0 bridgehead atoms. The molecule has 19 heavy (non-hydrogen) atoms. The summed E-state index contributed by atoms with van der Waals surface area (Å²) in [5.41, 5.74) is 0. The zero-order valence-corrected chi connectivity index (χ0v) is 12.0. The van der Waals surface area contributed by atoms with Crippen LogP contribution in [0, 0.1) is 12.8 Å². The van der Waals surface area contributed by atoms with Gasteiger partial charge in [-0.15, -0.1) is 0 Å². The van der Waals surface area contributed by atoms with E-state index in [2.05, 4.69) is 27.2 Å². The highest BCUT2D eigenvalue weighted by molar-refractivity contribution is 5.90. The van der Waals surface area contributed by atoms with Crippen molar-refractivity contribution < 1.29 is 4.79 Å². The van der Waals surface area contributed by atoms with Gasteiger partial charge in [-0.3, -0.25) is 4.79 Å². The molecule has 6 heteroatoms. The third-order valence-corrected chi connectivity index (χ3v) is 3.45. The van der Waals surface area contributed by atoms with Crippen molar-refractivity contribution in [1.29, 1.82) is 0 Å². The zero-order valence-electron chi connectivity index (χ0n) is 12.0. The van der Waals surface area contributed by atoms with Gasteiger partial charge in [0.25, 0.3) is 5.91 Å². The van der Waals surface area contributed by atoms with Gasteiger partial charge in [0.15, 0.2) is 0 Å². The smallest absolute Gasteiger partial charge is 0.288 e. The lowest BCUT2D eigenvalue weighted by Gasteiger charge is -2.20. The second kappa shape index (κ2) is 6.14. The van der Waals surface area contributed by atoms with Gasteiger partial charge in [0.1, 0.15) is 5.82 Å². The summed E-state index contributed by atoms with van der Waals surface area (Å²) in [5.74, 6) is 1.32. The fourth-order valence-corrected chi connectivity index (χ4v) is 2.53. The average Bonchev–Trinajstić information content (AvgIpc) is 2.96. The Morgan fingerprint density at radius 3 is 2.68 bits per heavy atom. The number of rotatable bonds is 5. The number of carbonyl (C=O) groups excluding carboxylic acids is 1. The number of carbonyl (C=O) groups is 1. The molecule has 0 aliphatic carbocycles. The van der Waals surface area contributed by atoms with Gasteiger partial charge in [0.05, 0.1) is 0 Å². The largest absolute Gasteiger partial charge is 0.349 e. The number of likely N-dealkylation sites (tertiary alicyclic amines) is 1. The highest BCUT2D eigenvalue weighted by atomic mass is 16.2. The number of aryl methyl sites for hydroxylation is 2. The van der Waals surface area contributed by atoms with Crippen molar-refractivity contribution in [2.45, 2.75) is 26.7 Å². The van der Waals surface area contributed by atoms with Crippen LogP contribution >= 0.6 is 0 Å². The topological polar surface area (TPSA) is 63.1 Å². The van der Waals surface area contributed by atoms with Crippen molar-refractivity contribution in [2.24, 2.45) is 13.0 Å². The Morgan fingerprint density at radius 1 is 1.42 bits per heavy atom. The fourth-order valence-electron chi connectivity index (χ4n) is 2.53. The first-order valence-electron chi connectivity index (χ1n) is 6.94. The minimum Gasteiger partial charge on any atom is -0.349 e. The van der Waals surface area contributed by atoms with Crippen molar-refractivity contribution in [2.75, 3.05) is 26.2 Å². The van der Waals surface area contributed by atoms with Gasteiger partial charge in [-0.25, -0.2) is 9.67 Å². The molecule has 1 unspecified atom stereocenters. The van der Waals surface area contributed by atoms with E-state index in [1.165, 1.54) is 30.6 Å². The molecule has 2 heterocycles. The maximum atomic E-state index is 12.0. The lowest BCUT2D eigenvalue weighted by atomic mass is 10.1. The molecule has 1 aromatic heterocycles. The van der Waals surface area contributed by atoms with E-state index in [0.717, 1.165) is 6.54 Å². The molecule has 0 aromatic carbocycles. The summed E-state index contributed by atoms with van der Waals surface area (Å²) in [5, 5.41) is 7.02. The van der Waals surface area contributed by atoms with E-state index in [-0.39, 0.29) is 5.91 Å². The van der Waals surface area contributed by atoms with Crippen molar-refractivity contribution in [3.63, 3.8) is 0 Å². The SMILES string of the molecule is Cc1nc(C(=O)NCC(C)CN2CCCC2)n(C)n1. The van der Waals surface area contributed by atoms with E-state index in [9.17, 15) is 4.79 Å². The molecule has 0 spiro atoms. The predicted octanol–water partition coefficient (Wildman–Crippen LogP) is 0.585. The van der Waals surface area contributed by atoms with Crippen molar-refractivity contribution >= 4 is 5.91 Å². The minimum atomic E-state index is -0.142. The summed E-state index contributed by atoms with van der Waals surface area (Å²) in [6.07, 6.45) is 2.61. The molecule has 1 amide bonds. The molecule has 1 atom stereocenters. The summed E-state index contributed by atoms with van der Waals surface area (Å²) in [4.78, 5) is 18.6. The van der Waals surface area contributed by atoms with Crippen LogP contribution in [0.5, 0.6) is 0 Å². The number of nitrogens with one attached hydrogen (secondary N) is 1. The molecule has 1 aliphatic rings. The van der Waals surface area contributed by atoms with Gasteiger partial charge in [-0.2, -0.15) is 5.10 Å². The first-order valence-corrected chi connectivity index (χ1v) is 6.94. The predicted molar refractivity (Wildman–Crippen MR) is 72.9 cm³/mol. The standard InChI is InChI=1S/C13H23N5O/c1-10(9-18-6-4-5-7-18)8-14-13(19)12-15-11(2)16-17(12)3/h10H,4-9H2,1-3H3,(H,14,19). The molecule has 0 saturated carbocycles. The summed E-state index contributed by atoms with van der Waals surface area (Å²) < 4.78 is 1.52. The molecule has 1 N–H and O–H groups in total. The number of hydrogen-bond acceptors (Lipinski definition) is 4. The number of aromatic nitrogens is 3. The normalized spacial score (nSPS) is 17.6. The highest BCUT2D eigenvalue weighted by Gasteiger charge is 2.17. The van der Waals surface area contributed by atoms with Crippen LogP contribution in [0.3, 0.4) is 0 Å². The van der Waals surface area contributed by atoms with Gasteiger partial charge < -0.3 is 10.2 Å². The van der Waals surface area contributed by atoms with Gasteiger partial charge in [-0.1, -0.05) is 6.92 Å². The molecule has 2 rings (SSSR count). The third kappa shape index (κ3) is 3.76. The van der Waals surface area contributed by atoms with Crippen LogP contribution in [0.2, 0.25) is 0 Å². The van der Waals surface area contributed by atoms with Gasteiger partial charge >= 0.3 is 0 Å². The number of nitrogens with zero attached hydrogens (tertiary/aromatic N) is 4. The van der Waals surface area contributed by atoms with Crippen LogP contribution in [0.25, 0.3) is 0 Å². The Hall–Kier alpha value is -1.43. The molecule has 1 saturated heterocycles. The summed E-state index contributed by atoms with van der Waals surface area (Å²) in [6.45, 7) is 8.08. The zero-order chi connectivity index (χ0) is 13.8. The second-order valence-corrected chi connectivity index (χ2v) is 5.43. The average molecular weight is 265 g/mol. The van der Waals surface area contributed by atoms with E-state index in [4.69, 9.17) is 0 Å². The van der Waals surface area contributed by atoms with E-state index in [1.54, 1.807) is 14.0 Å². The fraction of sp³-hybridized carbons (Fsp3) is 0.769. The summed E-state index contributed by atoms with van der Waals surface area (Å²) in [6, 6.07) is 0. The Balaban J connectivity index is 1.78. The number of amides is 1. The van der Waals surface area contributed by atoms with Crippen LogP contribution in [0.4, 0.5) is 0 Å². The molecule has 1 fully saturated rings. The van der Waals surface area contributed by atoms with E-state index >= 15 is 0 Å². The first kappa shape index (κ1) is 14.0. The van der Waals surface area contributed by atoms with Gasteiger partial charge in [0.2, 0.25) is 5.82 Å². The van der Waals surface area contributed by atoms with E-state index in [1.807, 2.05) is 0 Å². The van der Waals surface area contributed by atoms with Crippen molar-refractivity contribution in [3.8, 4) is 0 Å². The van der Waals surface area contributed by atoms with Crippen LogP contribution < -0.4 is 5.32 Å². The Labute approximate surface area is 114 Å². The molecule has 106 valence electrons. The lowest BCUT2D eigenvalue weighted by molar-refractivity contribution is 0.0930. The lowest BCUT2D eigenvalue weighted by Crippen LogP contribution is -2.35. The Morgan fingerprint density at radius 2 is 2.11 bits per heavy atom. The maximum Gasteiger partial charge on any atom is 0.288 e. The monoisotopic (exact) mass is 265 g/mol. The minimum absolute atomic E-state index is 0.142. The van der Waals surface area contributed by atoms with Crippen LogP contribution in [0.15, 0.2) is 0 Å². The van der Waals surface area contributed by atoms with E-state index < -0.39 is 0 Å². The Kier molecular flexibility index (Phi) is 4.52. The molecular weight excluding hydrogens is 242 g/mol. The van der Waals surface area contributed by atoms with Crippen LogP contribution in [0.1, 0.15) is 36.2 Å². The molecule has 1 aliphatic heterocycles. The van der Waals surface area contributed by atoms with Crippen molar-refractivity contribution in [1.82, 2.24) is 25.0 Å². The van der Waals surface area contributed by atoms with Crippen molar-refractivity contribution in [3.05, 3.63) is 11.6 Å². The van der Waals surface area contributed by atoms with Gasteiger partial charge in [-0.05, 0) is 38.8 Å². The van der Waals surface area contributed by atoms with Crippen LogP contribution in [-0.2, 0) is 7.05 Å². The first-order chi connectivity index (χ1) is 9.06. The molecule has 6 nitrogen and oxygen atoms in total. The second-order valence-electron chi connectivity index (χ2n) is 5.43. The summed E-state index contributed by atoms with van der Waals surface area (Å²) >= 11 is 0. The Bertz CT molecular complexity index is 436. The van der Waals surface area contributed by atoms with Crippen LogP contribution in [-0.4, -0.2) is 51.8 Å². The summed E-state index contributed by atoms with van der Waals surface area (Å²) in [7, 11) is 1.74. The molecular formula is C13H23N5O. The van der Waals surface area contributed by atoms with E-state index in [0.29, 0.717) is 24.1 Å². The van der Waals surface area contributed by atoms with Gasteiger partial charge in [0, 0.05) is 20.1 Å². The molecule has 1 aromatic rings. The maximum absolute atomic E-state index is 12.0. The third-order valence-electron chi connectivity index (χ3n) is 3.45.